The lowest BCUT2D eigenvalue weighted by Gasteiger charge is -2.33. The van der Waals surface area contributed by atoms with Crippen molar-refractivity contribution in [2.75, 3.05) is 13.1 Å². The van der Waals surface area contributed by atoms with E-state index in [4.69, 9.17) is 11.6 Å². The number of piperazine rings is 1. The molecule has 0 saturated carbocycles. The monoisotopic (exact) mass is 383 g/mol. The predicted octanol–water partition coefficient (Wildman–Crippen LogP) is 3.73. The number of rotatable bonds is 4. The highest BCUT2D eigenvalue weighted by molar-refractivity contribution is 7.19. The Kier molecular flexibility index (Phi) is 4.66. The van der Waals surface area contributed by atoms with Crippen molar-refractivity contribution in [1.29, 1.82) is 0 Å². The Morgan fingerprint density at radius 2 is 1.81 bits per heavy atom. The summed E-state index contributed by atoms with van der Waals surface area (Å²) in [5.41, 5.74) is 0.975. The molecule has 1 aliphatic heterocycles. The zero-order valence-electron chi connectivity index (χ0n) is 13.9. The van der Waals surface area contributed by atoms with Gasteiger partial charge in [0.25, 0.3) is 0 Å². The second-order valence-electron chi connectivity index (χ2n) is 6.31. The van der Waals surface area contributed by atoms with E-state index in [1.54, 1.807) is 21.1 Å². The lowest BCUT2D eigenvalue weighted by molar-refractivity contribution is -0.151. The lowest BCUT2D eigenvalue weighted by atomic mass is 10.2. The highest BCUT2D eigenvalue weighted by Gasteiger charge is 2.30. The minimum absolute atomic E-state index is 0.0278. The molecule has 1 radical (unpaired) electrons. The van der Waals surface area contributed by atoms with Crippen LogP contribution in [0.4, 0.5) is 0 Å². The molecule has 1 saturated heterocycles. The summed E-state index contributed by atoms with van der Waals surface area (Å²) in [6.45, 7) is 1.13. The molecule has 4 rings (SSSR count). The molecule has 6 heteroatoms. The van der Waals surface area contributed by atoms with Crippen molar-refractivity contribution in [3.05, 3.63) is 70.1 Å². The summed E-state index contributed by atoms with van der Waals surface area (Å²) in [5.74, 6) is -0.0578. The maximum absolute atomic E-state index is 12.5. The molecule has 0 atom stereocenters. The molecule has 2 amide bonds. The van der Waals surface area contributed by atoms with Gasteiger partial charge in [0, 0.05) is 21.1 Å². The zero-order valence-corrected chi connectivity index (χ0v) is 15.5. The standard InChI is InChI=1S/C20H16ClN2O2S/c21-16-7-6-15-8-17(26-18(15)9-16)11-23-13-19(24)22(12-20(23)25)10-14-4-2-1-3-5-14/h1-2,4-9H,10-13H2. The normalized spacial score (nSPS) is 15.1. The first-order valence-electron chi connectivity index (χ1n) is 8.27. The van der Waals surface area contributed by atoms with Gasteiger partial charge in [-0.15, -0.1) is 11.3 Å². The van der Waals surface area contributed by atoms with Gasteiger partial charge in [-0.3, -0.25) is 9.59 Å². The molecular formula is C20H16ClN2O2S. The van der Waals surface area contributed by atoms with Crippen LogP contribution in [0.1, 0.15) is 10.4 Å². The number of thiophene rings is 1. The molecule has 1 aromatic heterocycles. The summed E-state index contributed by atoms with van der Waals surface area (Å²) in [7, 11) is 0. The van der Waals surface area contributed by atoms with E-state index in [9.17, 15) is 9.59 Å². The molecular weight excluding hydrogens is 368 g/mol. The average molecular weight is 384 g/mol. The minimum Gasteiger partial charge on any atom is -0.328 e. The molecule has 0 aliphatic carbocycles. The van der Waals surface area contributed by atoms with E-state index in [2.05, 4.69) is 12.1 Å². The number of benzene rings is 2. The van der Waals surface area contributed by atoms with Crippen molar-refractivity contribution in [3.63, 3.8) is 0 Å². The molecule has 26 heavy (non-hydrogen) atoms. The van der Waals surface area contributed by atoms with E-state index in [0.29, 0.717) is 18.1 Å². The van der Waals surface area contributed by atoms with E-state index < -0.39 is 0 Å². The van der Waals surface area contributed by atoms with Gasteiger partial charge in [0.05, 0.1) is 6.54 Å². The van der Waals surface area contributed by atoms with Gasteiger partial charge in [-0.2, -0.15) is 0 Å². The summed E-state index contributed by atoms with van der Waals surface area (Å²) < 4.78 is 1.09. The third kappa shape index (κ3) is 3.59. The van der Waals surface area contributed by atoms with Gasteiger partial charge in [0.2, 0.25) is 11.8 Å². The van der Waals surface area contributed by atoms with Crippen LogP contribution in [0.15, 0.2) is 48.5 Å². The van der Waals surface area contributed by atoms with Gasteiger partial charge in [0.15, 0.2) is 0 Å². The summed E-state index contributed by atoms with van der Waals surface area (Å²) in [5, 5.41) is 1.80. The van der Waals surface area contributed by atoms with E-state index in [0.717, 1.165) is 20.5 Å². The molecule has 0 N–H and O–H groups in total. The maximum Gasteiger partial charge on any atom is 0.243 e. The van der Waals surface area contributed by atoms with Crippen LogP contribution < -0.4 is 0 Å². The maximum atomic E-state index is 12.5. The first kappa shape index (κ1) is 17.1. The molecule has 0 bridgehead atoms. The minimum atomic E-state index is -0.0300. The number of amides is 2. The summed E-state index contributed by atoms with van der Waals surface area (Å²) in [6.07, 6.45) is 0. The van der Waals surface area contributed by atoms with Crippen molar-refractivity contribution in [2.24, 2.45) is 0 Å². The van der Waals surface area contributed by atoms with Gasteiger partial charge in [0.1, 0.15) is 13.1 Å². The molecule has 3 aromatic rings. The van der Waals surface area contributed by atoms with Gasteiger partial charge in [-0.25, -0.2) is 0 Å². The molecule has 2 heterocycles. The number of nitrogens with zero attached hydrogens (tertiary/aromatic N) is 2. The molecule has 131 valence electrons. The quantitative estimate of drug-likeness (QED) is 0.688. The van der Waals surface area contributed by atoms with Crippen LogP contribution in [-0.2, 0) is 22.7 Å². The van der Waals surface area contributed by atoms with Crippen LogP contribution in [0.3, 0.4) is 0 Å². The van der Waals surface area contributed by atoms with Crippen LogP contribution in [0.25, 0.3) is 10.1 Å². The molecule has 0 spiro atoms. The van der Waals surface area contributed by atoms with Gasteiger partial charge in [-0.05, 0) is 41.3 Å². The first-order chi connectivity index (χ1) is 12.6. The number of carbonyl (C=O) groups excluding carboxylic acids is 2. The Balaban J connectivity index is 1.45. The number of hydrogen-bond acceptors (Lipinski definition) is 3. The highest BCUT2D eigenvalue weighted by atomic mass is 35.5. The second kappa shape index (κ2) is 7.09. The van der Waals surface area contributed by atoms with Crippen molar-refractivity contribution in [1.82, 2.24) is 9.80 Å². The van der Waals surface area contributed by atoms with Crippen LogP contribution in [0.5, 0.6) is 0 Å². The van der Waals surface area contributed by atoms with Crippen LogP contribution in [0.2, 0.25) is 5.02 Å². The van der Waals surface area contributed by atoms with Crippen molar-refractivity contribution < 1.29 is 9.59 Å². The Bertz CT molecular complexity index is 970. The lowest BCUT2D eigenvalue weighted by Crippen LogP contribution is -2.52. The molecule has 4 nitrogen and oxygen atoms in total. The molecule has 1 fully saturated rings. The number of carbonyl (C=O) groups is 2. The number of hydrogen-bond donors (Lipinski definition) is 0. The van der Waals surface area contributed by atoms with Gasteiger partial charge < -0.3 is 9.80 Å². The van der Waals surface area contributed by atoms with Crippen molar-refractivity contribution in [2.45, 2.75) is 13.1 Å². The Morgan fingerprint density at radius 3 is 2.54 bits per heavy atom. The predicted molar refractivity (Wildman–Crippen MR) is 103 cm³/mol. The van der Waals surface area contributed by atoms with Crippen LogP contribution in [0, 0.1) is 6.07 Å². The third-order valence-corrected chi connectivity index (χ3v) is 5.70. The SMILES string of the molecule is O=C1CN(Cc2cc3ccc(Cl)cc3s2)C(=O)CN1Cc1c[c]ccc1. The van der Waals surface area contributed by atoms with Crippen molar-refractivity contribution >= 4 is 44.8 Å². The zero-order chi connectivity index (χ0) is 18.1. The van der Waals surface area contributed by atoms with Crippen LogP contribution in [-0.4, -0.2) is 34.7 Å². The van der Waals surface area contributed by atoms with Crippen molar-refractivity contribution in [3.8, 4) is 0 Å². The van der Waals surface area contributed by atoms with Gasteiger partial charge >= 0.3 is 0 Å². The Hall–Kier alpha value is -2.37. The number of halogens is 1. The molecule has 1 aliphatic rings. The Morgan fingerprint density at radius 1 is 1.04 bits per heavy atom. The van der Waals surface area contributed by atoms with Crippen LogP contribution >= 0.6 is 22.9 Å². The first-order valence-corrected chi connectivity index (χ1v) is 9.46. The molecule has 0 unspecified atom stereocenters. The summed E-state index contributed by atoms with van der Waals surface area (Å²) in [4.78, 5) is 29.3. The van der Waals surface area contributed by atoms with E-state index in [1.165, 1.54) is 0 Å². The topological polar surface area (TPSA) is 40.6 Å². The summed E-state index contributed by atoms with van der Waals surface area (Å²) in [6, 6.07) is 18.3. The fourth-order valence-electron chi connectivity index (χ4n) is 3.07. The van der Waals surface area contributed by atoms with E-state index in [-0.39, 0.29) is 24.9 Å². The van der Waals surface area contributed by atoms with E-state index in [1.807, 2.05) is 42.5 Å². The number of fused-ring (bicyclic) bond motifs is 1. The average Bonchev–Trinajstić information content (AvgIpc) is 3.01. The molecule has 2 aromatic carbocycles. The largest absolute Gasteiger partial charge is 0.328 e. The highest BCUT2D eigenvalue weighted by Crippen LogP contribution is 2.29. The Labute approximate surface area is 160 Å². The smallest absolute Gasteiger partial charge is 0.243 e. The fourth-order valence-corrected chi connectivity index (χ4v) is 4.42. The van der Waals surface area contributed by atoms with Gasteiger partial charge in [-0.1, -0.05) is 35.9 Å². The van der Waals surface area contributed by atoms with E-state index >= 15 is 0 Å². The fraction of sp³-hybridized carbons (Fsp3) is 0.200. The third-order valence-electron chi connectivity index (χ3n) is 4.38. The summed E-state index contributed by atoms with van der Waals surface area (Å²) >= 11 is 7.64. The second-order valence-corrected chi connectivity index (χ2v) is 7.91.